The summed E-state index contributed by atoms with van der Waals surface area (Å²) in [7, 11) is 0. The first-order valence-corrected chi connectivity index (χ1v) is 6.20. The SMILES string of the molecule is CCCCCCOC1CCC(N)CC1. The molecule has 84 valence electrons. The largest absolute Gasteiger partial charge is 0.378 e. The Labute approximate surface area is 88.2 Å². The Bertz CT molecular complexity index is 130. The molecule has 0 aromatic heterocycles. The lowest BCUT2D eigenvalue weighted by Crippen LogP contribution is -2.30. The predicted octanol–water partition coefficient (Wildman–Crippen LogP) is 2.85. The van der Waals surface area contributed by atoms with E-state index in [0.717, 1.165) is 19.4 Å². The lowest BCUT2D eigenvalue weighted by molar-refractivity contribution is 0.0231. The van der Waals surface area contributed by atoms with E-state index in [9.17, 15) is 0 Å². The van der Waals surface area contributed by atoms with E-state index in [1.54, 1.807) is 0 Å². The highest BCUT2D eigenvalue weighted by atomic mass is 16.5. The second-order valence-corrected chi connectivity index (χ2v) is 4.47. The van der Waals surface area contributed by atoms with Crippen LogP contribution in [-0.2, 0) is 4.74 Å². The van der Waals surface area contributed by atoms with Crippen molar-refractivity contribution in [3.8, 4) is 0 Å². The Morgan fingerprint density at radius 2 is 1.79 bits per heavy atom. The number of unbranched alkanes of at least 4 members (excludes halogenated alkanes) is 3. The molecule has 0 aliphatic heterocycles. The third kappa shape index (κ3) is 4.97. The quantitative estimate of drug-likeness (QED) is 0.668. The number of ether oxygens (including phenoxy) is 1. The normalized spacial score (nSPS) is 27.9. The predicted molar refractivity (Wildman–Crippen MR) is 60.3 cm³/mol. The second kappa shape index (κ2) is 7.24. The Kier molecular flexibility index (Phi) is 6.20. The van der Waals surface area contributed by atoms with Crippen molar-refractivity contribution in [1.29, 1.82) is 0 Å². The number of nitrogens with two attached hydrogens (primary N) is 1. The van der Waals surface area contributed by atoms with E-state index in [1.165, 1.54) is 38.5 Å². The van der Waals surface area contributed by atoms with E-state index in [0.29, 0.717) is 12.1 Å². The Morgan fingerprint density at radius 1 is 1.07 bits per heavy atom. The zero-order valence-corrected chi connectivity index (χ0v) is 9.50. The van der Waals surface area contributed by atoms with Crippen LogP contribution in [0.3, 0.4) is 0 Å². The summed E-state index contributed by atoms with van der Waals surface area (Å²) >= 11 is 0. The van der Waals surface area contributed by atoms with Crippen molar-refractivity contribution >= 4 is 0 Å². The summed E-state index contributed by atoms with van der Waals surface area (Å²) in [6, 6.07) is 0.440. The molecule has 0 spiro atoms. The van der Waals surface area contributed by atoms with Gasteiger partial charge in [-0.15, -0.1) is 0 Å². The highest BCUT2D eigenvalue weighted by Gasteiger charge is 2.18. The molecule has 1 aliphatic rings. The Balaban J connectivity index is 1.91. The van der Waals surface area contributed by atoms with Gasteiger partial charge in [0.05, 0.1) is 6.10 Å². The molecule has 0 atom stereocenters. The van der Waals surface area contributed by atoms with Crippen LogP contribution in [0.2, 0.25) is 0 Å². The Morgan fingerprint density at radius 3 is 2.43 bits per heavy atom. The van der Waals surface area contributed by atoms with Gasteiger partial charge in [0.25, 0.3) is 0 Å². The molecule has 2 N–H and O–H groups in total. The maximum atomic E-state index is 5.84. The van der Waals surface area contributed by atoms with Crippen LogP contribution in [0.4, 0.5) is 0 Å². The first kappa shape index (κ1) is 12.0. The van der Waals surface area contributed by atoms with Crippen molar-refractivity contribution in [2.24, 2.45) is 5.73 Å². The van der Waals surface area contributed by atoms with Gasteiger partial charge < -0.3 is 10.5 Å². The average molecular weight is 199 g/mol. The van der Waals surface area contributed by atoms with Gasteiger partial charge in [0.2, 0.25) is 0 Å². The molecule has 0 unspecified atom stereocenters. The van der Waals surface area contributed by atoms with Crippen LogP contribution in [0.25, 0.3) is 0 Å². The molecule has 0 aromatic rings. The molecule has 1 fully saturated rings. The summed E-state index contributed by atoms with van der Waals surface area (Å²) in [6.45, 7) is 3.20. The topological polar surface area (TPSA) is 35.2 Å². The van der Waals surface area contributed by atoms with Gasteiger partial charge in [-0.3, -0.25) is 0 Å². The summed E-state index contributed by atoms with van der Waals surface area (Å²) in [6.07, 6.45) is 10.4. The second-order valence-electron chi connectivity index (χ2n) is 4.47. The van der Waals surface area contributed by atoms with E-state index < -0.39 is 0 Å². The van der Waals surface area contributed by atoms with Gasteiger partial charge in [-0.2, -0.15) is 0 Å². The Hall–Kier alpha value is -0.0800. The van der Waals surface area contributed by atoms with Gasteiger partial charge in [0, 0.05) is 12.6 Å². The molecule has 0 radical (unpaired) electrons. The van der Waals surface area contributed by atoms with E-state index in [1.807, 2.05) is 0 Å². The molecule has 0 saturated heterocycles. The van der Waals surface area contributed by atoms with E-state index >= 15 is 0 Å². The third-order valence-corrected chi connectivity index (χ3v) is 3.07. The first-order valence-electron chi connectivity index (χ1n) is 6.20. The molecule has 0 bridgehead atoms. The third-order valence-electron chi connectivity index (χ3n) is 3.07. The highest BCUT2D eigenvalue weighted by molar-refractivity contribution is 4.74. The van der Waals surface area contributed by atoms with Crippen LogP contribution >= 0.6 is 0 Å². The zero-order valence-electron chi connectivity index (χ0n) is 9.50. The van der Waals surface area contributed by atoms with Crippen LogP contribution in [0.5, 0.6) is 0 Å². The molecule has 14 heavy (non-hydrogen) atoms. The zero-order chi connectivity index (χ0) is 10.2. The number of hydrogen-bond donors (Lipinski definition) is 1. The molecule has 0 heterocycles. The molecule has 1 saturated carbocycles. The molecular formula is C12H25NO. The van der Waals surface area contributed by atoms with E-state index in [4.69, 9.17) is 10.5 Å². The fourth-order valence-electron chi connectivity index (χ4n) is 2.03. The smallest absolute Gasteiger partial charge is 0.0576 e. The van der Waals surface area contributed by atoms with Crippen molar-refractivity contribution in [2.45, 2.75) is 70.4 Å². The number of rotatable bonds is 6. The van der Waals surface area contributed by atoms with Crippen LogP contribution in [0, 0.1) is 0 Å². The molecule has 2 heteroatoms. The van der Waals surface area contributed by atoms with Crippen molar-refractivity contribution in [1.82, 2.24) is 0 Å². The molecule has 0 amide bonds. The minimum atomic E-state index is 0.440. The molecule has 2 nitrogen and oxygen atoms in total. The summed E-state index contributed by atoms with van der Waals surface area (Å²) in [4.78, 5) is 0. The fourth-order valence-corrected chi connectivity index (χ4v) is 2.03. The lowest BCUT2D eigenvalue weighted by Gasteiger charge is -2.26. The van der Waals surface area contributed by atoms with Gasteiger partial charge in [-0.1, -0.05) is 26.2 Å². The first-order chi connectivity index (χ1) is 6.83. The van der Waals surface area contributed by atoms with E-state index in [2.05, 4.69) is 6.92 Å². The monoisotopic (exact) mass is 199 g/mol. The summed E-state index contributed by atoms with van der Waals surface area (Å²) in [5.74, 6) is 0. The molecule has 1 aliphatic carbocycles. The molecular weight excluding hydrogens is 174 g/mol. The van der Waals surface area contributed by atoms with Gasteiger partial charge in [-0.25, -0.2) is 0 Å². The number of hydrogen-bond acceptors (Lipinski definition) is 2. The maximum Gasteiger partial charge on any atom is 0.0576 e. The maximum absolute atomic E-state index is 5.84. The van der Waals surface area contributed by atoms with Crippen molar-refractivity contribution < 1.29 is 4.74 Å². The van der Waals surface area contributed by atoms with Crippen LogP contribution in [0.15, 0.2) is 0 Å². The van der Waals surface area contributed by atoms with Crippen LogP contribution < -0.4 is 5.73 Å². The van der Waals surface area contributed by atoms with Crippen molar-refractivity contribution in [2.75, 3.05) is 6.61 Å². The van der Waals surface area contributed by atoms with Crippen LogP contribution in [-0.4, -0.2) is 18.8 Å². The van der Waals surface area contributed by atoms with Gasteiger partial charge in [0.15, 0.2) is 0 Å². The minimum Gasteiger partial charge on any atom is -0.378 e. The van der Waals surface area contributed by atoms with Crippen molar-refractivity contribution in [3.05, 3.63) is 0 Å². The average Bonchev–Trinajstić information content (AvgIpc) is 2.21. The fraction of sp³-hybridized carbons (Fsp3) is 1.00. The van der Waals surface area contributed by atoms with Crippen LogP contribution in [0.1, 0.15) is 58.3 Å². The van der Waals surface area contributed by atoms with E-state index in [-0.39, 0.29) is 0 Å². The summed E-state index contributed by atoms with van der Waals surface area (Å²) < 4.78 is 5.82. The van der Waals surface area contributed by atoms with Gasteiger partial charge in [0.1, 0.15) is 0 Å². The van der Waals surface area contributed by atoms with Gasteiger partial charge >= 0.3 is 0 Å². The standard InChI is InChI=1S/C12H25NO/c1-2-3-4-5-10-14-12-8-6-11(13)7-9-12/h11-12H,2-10,13H2,1H3. The van der Waals surface area contributed by atoms with Crippen molar-refractivity contribution in [3.63, 3.8) is 0 Å². The lowest BCUT2D eigenvalue weighted by atomic mass is 9.94. The highest BCUT2D eigenvalue weighted by Crippen LogP contribution is 2.20. The molecule has 0 aromatic carbocycles. The minimum absolute atomic E-state index is 0.440. The molecule has 1 rings (SSSR count). The summed E-state index contributed by atoms with van der Waals surface area (Å²) in [5, 5.41) is 0. The summed E-state index contributed by atoms with van der Waals surface area (Å²) in [5.41, 5.74) is 5.84. The van der Waals surface area contributed by atoms with Gasteiger partial charge in [-0.05, 0) is 32.1 Å².